The molecule has 2 heterocycles. The molecule has 4 aromatic rings. The summed E-state index contributed by atoms with van der Waals surface area (Å²) in [6.07, 6.45) is 0. The van der Waals surface area contributed by atoms with Crippen LogP contribution in [-0.2, 0) is 9.47 Å². The van der Waals surface area contributed by atoms with Gasteiger partial charge in [0.25, 0.3) is 0 Å². The van der Waals surface area contributed by atoms with E-state index in [2.05, 4.69) is 24.3 Å². The van der Waals surface area contributed by atoms with E-state index in [0.717, 1.165) is 55.2 Å². The van der Waals surface area contributed by atoms with Crippen molar-refractivity contribution in [2.45, 2.75) is 0 Å². The van der Waals surface area contributed by atoms with Gasteiger partial charge in [-0.05, 0) is 46.8 Å². The maximum Gasteiger partial charge on any atom is 0.206 e. The van der Waals surface area contributed by atoms with Crippen molar-refractivity contribution in [2.75, 3.05) is 27.8 Å². The Kier molecular flexibility index (Phi) is 5.45. The van der Waals surface area contributed by atoms with Crippen molar-refractivity contribution in [3.05, 3.63) is 84.9 Å². The second-order valence-electron chi connectivity index (χ2n) is 8.31. The molecule has 0 fully saturated rings. The van der Waals surface area contributed by atoms with Crippen LogP contribution in [-0.4, -0.2) is 35.9 Å². The van der Waals surface area contributed by atoms with Gasteiger partial charge in [0.2, 0.25) is 8.07 Å². The summed E-state index contributed by atoms with van der Waals surface area (Å²) in [5.74, 6) is 4.59. The third kappa shape index (κ3) is 3.24. The van der Waals surface area contributed by atoms with Crippen LogP contribution in [0.5, 0.6) is 34.5 Å². The van der Waals surface area contributed by atoms with E-state index in [1.54, 1.807) is 14.2 Å². The Bertz CT molecular complexity index is 1300. The highest BCUT2D eigenvalue weighted by Gasteiger charge is 2.56. The molecule has 0 radical (unpaired) electrons. The summed E-state index contributed by atoms with van der Waals surface area (Å²) in [5, 5.41) is 4.21. The number of methoxy groups -OCH3 is 2. The summed E-state index contributed by atoms with van der Waals surface area (Å²) in [6.45, 7) is 0.241. The first kappa shape index (κ1) is 21.7. The lowest BCUT2D eigenvalue weighted by molar-refractivity contribution is 0.0516. The first-order chi connectivity index (χ1) is 17.3. The van der Waals surface area contributed by atoms with Crippen molar-refractivity contribution >= 4 is 28.8 Å². The monoisotopic (exact) mass is 484 g/mol. The SMILES string of the molecule is COCOc1cccc2c1[Si]1(c3ccccc3O2)c2ccccc2Oc2cccc(OCOC)c21. The smallest absolute Gasteiger partial charge is 0.206 e. The molecule has 0 aliphatic carbocycles. The van der Waals surface area contributed by atoms with Crippen LogP contribution in [0.25, 0.3) is 0 Å². The second kappa shape index (κ2) is 8.78. The zero-order valence-corrected chi connectivity index (χ0v) is 20.4. The van der Waals surface area contributed by atoms with Gasteiger partial charge < -0.3 is 28.4 Å². The lowest BCUT2D eigenvalue weighted by Gasteiger charge is -2.43. The van der Waals surface area contributed by atoms with E-state index in [4.69, 9.17) is 28.4 Å². The summed E-state index contributed by atoms with van der Waals surface area (Å²) in [6, 6.07) is 28.3. The molecule has 0 bridgehead atoms. The Morgan fingerprint density at radius 3 is 1.43 bits per heavy atom. The number of fused-ring (bicyclic) bond motifs is 8. The molecule has 7 heteroatoms. The molecule has 6 rings (SSSR count). The molecule has 0 atom stereocenters. The van der Waals surface area contributed by atoms with Gasteiger partial charge in [0.1, 0.15) is 34.5 Å². The van der Waals surface area contributed by atoms with E-state index in [1.165, 1.54) is 0 Å². The molecule has 0 N–H and O–H groups in total. The van der Waals surface area contributed by atoms with Crippen molar-refractivity contribution in [3.63, 3.8) is 0 Å². The largest absolute Gasteiger partial charge is 0.468 e. The highest BCUT2D eigenvalue weighted by atomic mass is 28.3. The quantitative estimate of drug-likeness (QED) is 0.267. The summed E-state index contributed by atoms with van der Waals surface area (Å²) in [7, 11) is 0.178. The average Bonchev–Trinajstić information content (AvgIpc) is 2.90. The lowest BCUT2D eigenvalue weighted by atomic mass is 10.2. The van der Waals surface area contributed by atoms with Crippen LogP contribution in [0.15, 0.2) is 84.9 Å². The maximum absolute atomic E-state index is 6.48. The molecule has 0 unspecified atom stereocenters. The molecular formula is C28H24O6Si. The van der Waals surface area contributed by atoms with Crippen molar-refractivity contribution < 1.29 is 28.4 Å². The van der Waals surface area contributed by atoms with E-state index < -0.39 is 8.07 Å². The fourth-order valence-corrected chi connectivity index (χ4v) is 10.6. The normalized spacial score (nSPS) is 14.0. The molecular weight excluding hydrogens is 460 g/mol. The number of hydrogen-bond donors (Lipinski definition) is 0. The van der Waals surface area contributed by atoms with Gasteiger partial charge in [-0.2, -0.15) is 0 Å². The van der Waals surface area contributed by atoms with Crippen molar-refractivity contribution in [1.29, 1.82) is 0 Å². The molecule has 0 aromatic heterocycles. The van der Waals surface area contributed by atoms with Crippen molar-refractivity contribution in [2.24, 2.45) is 0 Å². The molecule has 0 saturated heterocycles. The standard InChI is InChI=1S/C28H24O6Si/c1-29-17-31-21-11-7-13-23-27(21)35(25-15-5-3-9-19(25)33-23)26-16-6-4-10-20(26)34-24-14-8-12-22(28(24)35)32-18-30-2/h3-16H,17-18H2,1-2H3. The molecule has 2 aliphatic heterocycles. The Morgan fingerprint density at radius 2 is 0.971 bits per heavy atom. The van der Waals surface area contributed by atoms with Gasteiger partial charge in [-0.3, -0.25) is 0 Å². The molecule has 4 aromatic carbocycles. The minimum Gasteiger partial charge on any atom is -0.468 e. The Hall–Kier alpha value is -3.78. The Balaban J connectivity index is 1.79. The first-order valence-corrected chi connectivity index (χ1v) is 13.3. The summed E-state index contributed by atoms with van der Waals surface area (Å²) in [5.41, 5.74) is 0. The molecule has 176 valence electrons. The van der Waals surface area contributed by atoms with Crippen LogP contribution >= 0.6 is 0 Å². The second-order valence-corrected chi connectivity index (χ2v) is 11.9. The molecule has 0 amide bonds. The highest BCUT2D eigenvalue weighted by Crippen LogP contribution is 2.40. The predicted molar refractivity (Wildman–Crippen MR) is 135 cm³/mol. The first-order valence-electron chi connectivity index (χ1n) is 11.3. The van der Waals surface area contributed by atoms with E-state index in [0.29, 0.717) is 0 Å². The topological polar surface area (TPSA) is 55.4 Å². The summed E-state index contributed by atoms with van der Waals surface area (Å²) in [4.78, 5) is 0. The van der Waals surface area contributed by atoms with E-state index in [1.807, 2.05) is 60.7 Å². The van der Waals surface area contributed by atoms with E-state index >= 15 is 0 Å². The molecule has 6 nitrogen and oxygen atoms in total. The zero-order chi connectivity index (χ0) is 23.8. The van der Waals surface area contributed by atoms with Crippen LogP contribution in [0.2, 0.25) is 0 Å². The van der Waals surface area contributed by atoms with Crippen LogP contribution in [0.1, 0.15) is 0 Å². The molecule has 0 saturated carbocycles. The minimum absolute atomic E-state index is 0.120. The van der Waals surface area contributed by atoms with Crippen molar-refractivity contribution in [1.82, 2.24) is 0 Å². The zero-order valence-electron chi connectivity index (χ0n) is 19.4. The van der Waals surface area contributed by atoms with E-state index in [9.17, 15) is 0 Å². The Morgan fingerprint density at radius 1 is 0.543 bits per heavy atom. The number of rotatable bonds is 6. The van der Waals surface area contributed by atoms with Crippen LogP contribution in [0.4, 0.5) is 0 Å². The van der Waals surface area contributed by atoms with Crippen LogP contribution < -0.4 is 39.7 Å². The van der Waals surface area contributed by atoms with Crippen molar-refractivity contribution in [3.8, 4) is 34.5 Å². The lowest BCUT2D eigenvalue weighted by Crippen LogP contribution is -2.77. The minimum atomic E-state index is -3.05. The molecule has 2 aliphatic rings. The third-order valence-corrected chi connectivity index (χ3v) is 11.3. The van der Waals surface area contributed by atoms with Gasteiger partial charge in [-0.25, -0.2) is 0 Å². The Labute approximate surface area is 204 Å². The van der Waals surface area contributed by atoms with Crippen LogP contribution in [0, 0.1) is 0 Å². The van der Waals surface area contributed by atoms with Crippen LogP contribution in [0.3, 0.4) is 0 Å². The van der Waals surface area contributed by atoms with Gasteiger partial charge in [-0.15, -0.1) is 0 Å². The maximum atomic E-state index is 6.48. The third-order valence-electron chi connectivity index (χ3n) is 6.41. The van der Waals surface area contributed by atoms with E-state index in [-0.39, 0.29) is 13.6 Å². The van der Waals surface area contributed by atoms with Gasteiger partial charge >= 0.3 is 0 Å². The average molecular weight is 485 g/mol. The number of para-hydroxylation sites is 2. The van der Waals surface area contributed by atoms with Gasteiger partial charge in [0.15, 0.2) is 13.6 Å². The van der Waals surface area contributed by atoms with Gasteiger partial charge in [0, 0.05) is 24.6 Å². The van der Waals surface area contributed by atoms with Gasteiger partial charge in [-0.1, -0.05) is 48.5 Å². The summed E-state index contributed by atoms with van der Waals surface area (Å²) >= 11 is 0. The molecule has 35 heavy (non-hydrogen) atoms. The number of hydrogen-bond acceptors (Lipinski definition) is 6. The van der Waals surface area contributed by atoms with Gasteiger partial charge in [0.05, 0.1) is 0 Å². The number of benzene rings is 4. The highest BCUT2D eigenvalue weighted by molar-refractivity contribution is 7.22. The fourth-order valence-electron chi connectivity index (χ4n) is 5.19. The molecule has 1 spiro atoms. The summed E-state index contributed by atoms with van der Waals surface area (Å²) < 4.78 is 35.9. The fraction of sp³-hybridized carbons (Fsp3) is 0.143. The predicted octanol–water partition coefficient (Wildman–Crippen LogP) is 3.24. The number of ether oxygens (including phenoxy) is 6.